The molecule has 1 fully saturated rings. The maximum Gasteiger partial charge on any atom is 0.391 e. The van der Waals surface area contributed by atoms with Gasteiger partial charge in [0.2, 0.25) is 5.91 Å². The first-order valence-electron chi connectivity index (χ1n) is 13.4. The lowest BCUT2D eigenvalue weighted by atomic mass is 9.81. The molecule has 1 aliphatic rings. The van der Waals surface area contributed by atoms with E-state index in [0.29, 0.717) is 22.8 Å². The van der Waals surface area contributed by atoms with Crippen molar-refractivity contribution in [3.05, 3.63) is 66.6 Å². The number of nitrogens with one attached hydrogen (secondary N) is 2. The number of pyridine rings is 1. The Bertz CT molecular complexity index is 1540. The number of hydrogen-bond acceptors (Lipinski definition) is 7. The van der Waals surface area contributed by atoms with Gasteiger partial charge < -0.3 is 15.7 Å². The van der Waals surface area contributed by atoms with Crippen LogP contribution in [0.15, 0.2) is 70.7 Å². The highest BCUT2D eigenvalue weighted by atomic mass is 32.2. The molecule has 5 rings (SSSR count). The summed E-state index contributed by atoms with van der Waals surface area (Å²) in [7, 11) is 0. The molecule has 4 aromatic rings. The van der Waals surface area contributed by atoms with Crippen LogP contribution in [0.3, 0.4) is 0 Å². The second-order valence-corrected chi connectivity index (χ2v) is 11.6. The van der Waals surface area contributed by atoms with Gasteiger partial charge in [0.1, 0.15) is 17.9 Å². The van der Waals surface area contributed by atoms with Crippen LogP contribution in [0.2, 0.25) is 0 Å². The number of carbonyl (C=O) groups excluding carboxylic acids is 1. The molecule has 0 atom stereocenters. The zero-order valence-electron chi connectivity index (χ0n) is 22.6. The molecular weight excluding hydrogens is 551 g/mol. The highest BCUT2D eigenvalue weighted by molar-refractivity contribution is 7.99. The van der Waals surface area contributed by atoms with Gasteiger partial charge in [-0.25, -0.2) is 15.0 Å². The van der Waals surface area contributed by atoms with E-state index < -0.39 is 18.0 Å². The number of alkyl halides is 3. The minimum absolute atomic E-state index is 0.0378. The van der Waals surface area contributed by atoms with Crippen molar-refractivity contribution >= 4 is 45.9 Å². The van der Waals surface area contributed by atoms with Crippen LogP contribution >= 0.6 is 11.8 Å². The SMILES string of the molecule is CC(C)c1ccc2c(Nc3cc(NC(=O)C4CCC(C(F)(F)F)CC4)ccc3Sc3ccc(O)cc3)ncnc2n1. The van der Waals surface area contributed by atoms with E-state index in [4.69, 9.17) is 0 Å². The Labute approximate surface area is 240 Å². The number of benzene rings is 2. The summed E-state index contributed by atoms with van der Waals surface area (Å²) in [6.07, 6.45) is -2.45. The number of hydrogen-bond donors (Lipinski definition) is 3. The summed E-state index contributed by atoms with van der Waals surface area (Å²) >= 11 is 1.46. The number of amides is 1. The van der Waals surface area contributed by atoms with Crippen LogP contribution in [-0.4, -0.2) is 32.1 Å². The van der Waals surface area contributed by atoms with Crippen LogP contribution < -0.4 is 10.6 Å². The van der Waals surface area contributed by atoms with Gasteiger partial charge in [0.05, 0.1) is 17.0 Å². The fourth-order valence-electron chi connectivity index (χ4n) is 4.87. The number of aromatic hydroxyl groups is 1. The second-order valence-electron chi connectivity index (χ2n) is 10.5. The molecule has 11 heteroatoms. The van der Waals surface area contributed by atoms with Gasteiger partial charge in [0, 0.05) is 27.1 Å². The lowest BCUT2D eigenvalue weighted by Gasteiger charge is -2.29. The standard InChI is InChI=1S/C30H30F3N5O2S/c1-17(2)24-13-12-23-27(37-24)34-16-35-28(23)38-25-15-20(7-14-26(25)41-22-10-8-21(39)9-11-22)36-29(40)18-3-5-19(6-4-18)30(31,32)33/h7-19,39H,3-6H2,1-2H3,(H,36,40)(H,34,35,37,38). The molecule has 0 saturated heterocycles. The number of phenolic OH excluding ortho intramolecular Hbond substituents is 1. The van der Waals surface area contributed by atoms with Gasteiger partial charge in [0.25, 0.3) is 0 Å². The van der Waals surface area contributed by atoms with Crippen molar-refractivity contribution in [1.82, 2.24) is 15.0 Å². The van der Waals surface area contributed by atoms with Crippen molar-refractivity contribution < 1.29 is 23.1 Å². The van der Waals surface area contributed by atoms with E-state index in [9.17, 15) is 23.1 Å². The van der Waals surface area contributed by atoms with Gasteiger partial charge in [-0.2, -0.15) is 13.2 Å². The molecule has 2 aromatic carbocycles. The molecule has 41 heavy (non-hydrogen) atoms. The zero-order chi connectivity index (χ0) is 29.1. The summed E-state index contributed by atoms with van der Waals surface area (Å²) in [5, 5.41) is 16.7. The first-order valence-corrected chi connectivity index (χ1v) is 14.3. The van der Waals surface area contributed by atoms with Crippen LogP contribution in [0.4, 0.5) is 30.4 Å². The molecule has 2 aromatic heterocycles. The molecule has 0 radical (unpaired) electrons. The second kappa shape index (κ2) is 11.9. The molecule has 214 valence electrons. The summed E-state index contributed by atoms with van der Waals surface area (Å²) in [6, 6.07) is 16.1. The van der Waals surface area contributed by atoms with E-state index in [0.717, 1.165) is 20.9 Å². The van der Waals surface area contributed by atoms with Crippen molar-refractivity contribution in [1.29, 1.82) is 0 Å². The fraction of sp³-hybridized carbons (Fsp3) is 0.333. The Morgan fingerprint density at radius 3 is 2.41 bits per heavy atom. The van der Waals surface area contributed by atoms with Gasteiger partial charge >= 0.3 is 6.18 Å². The monoisotopic (exact) mass is 581 g/mol. The largest absolute Gasteiger partial charge is 0.508 e. The van der Waals surface area contributed by atoms with E-state index in [1.165, 1.54) is 18.1 Å². The average molecular weight is 582 g/mol. The normalized spacial score (nSPS) is 17.5. The van der Waals surface area contributed by atoms with Crippen LogP contribution in [0.25, 0.3) is 11.0 Å². The molecular formula is C30H30F3N5O2S. The Morgan fingerprint density at radius 1 is 1.00 bits per heavy atom. The number of phenols is 1. The molecule has 0 spiro atoms. The lowest BCUT2D eigenvalue weighted by Crippen LogP contribution is -2.32. The fourth-order valence-corrected chi connectivity index (χ4v) is 5.75. The number of fused-ring (bicyclic) bond motifs is 1. The maximum atomic E-state index is 13.1. The maximum absolute atomic E-state index is 13.1. The Kier molecular flexibility index (Phi) is 8.35. The topological polar surface area (TPSA) is 100 Å². The van der Waals surface area contributed by atoms with E-state index >= 15 is 0 Å². The summed E-state index contributed by atoms with van der Waals surface area (Å²) in [6.45, 7) is 4.12. The minimum atomic E-state index is -4.22. The molecule has 0 bridgehead atoms. The highest BCUT2D eigenvalue weighted by Gasteiger charge is 2.42. The third-order valence-corrected chi connectivity index (χ3v) is 8.32. The van der Waals surface area contributed by atoms with Crippen LogP contribution in [0.1, 0.15) is 51.1 Å². The average Bonchev–Trinajstić information content (AvgIpc) is 2.95. The smallest absolute Gasteiger partial charge is 0.391 e. The molecule has 1 saturated carbocycles. The number of halogens is 3. The Balaban J connectivity index is 1.41. The summed E-state index contributed by atoms with van der Waals surface area (Å²) in [5.41, 5.74) is 2.65. The van der Waals surface area contributed by atoms with Crippen molar-refractivity contribution in [3.8, 4) is 5.75 Å². The van der Waals surface area contributed by atoms with Gasteiger partial charge in [-0.1, -0.05) is 25.6 Å². The number of anilines is 3. The summed E-state index contributed by atoms with van der Waals surface area (Å²) in [4.78, 5) is 28.1. The predicted octanol–water partition coefficient (Wildman–Crippen LogP) is 8.06. The summed E-state index contributed by atoms with van der Waals surface area (Å²) in [5.74, 6) is -1.15. The van der Waals surface area contributed by atoms with Gasteiger partial charge in [0.15, 0.2) is 5.65 Å². The Morgan fingerprint density at radius 2 is 1.73 bits per heavy atom. The van der Waals surface area contributed by atoms with Crippen LogP contribution in [0, 0.1) is 11.8 Å². The molecule has 3 N–H and O–H groups in total. The third-order valence-electron chi connectivity index (χ3n) is 7.24. The molecule has 1 aliphatic carbocycles. The highest BCUT2D eigenvalue weighted by Crippen LogP contribution is 2.41. The van der Waals surface area contributed by atoms with Crippen molar-refractivity contribution in [3.63, 3.8) is 0 Å². The number of rotatable bonds is 7. The van der Waals surface area contributed by atoms with E-state index in [2.05, 4.69) is 39.4 Å². The number of aromatic nitrogens is 3. The molecule has 2 heterocycles. The zero-order valence-corrected chi connectivity index (χ0v) is 23.4. The molecule has 1 amide bonds. The third kappa shape index (κ3) is 6.90. The lowest BCUT2D eigenvalue weighted by molar-refractivity contribution is -0.184. The van der Waals surface area contributed by atoms with E-state index in [1.54, 1.807) is 36.4 Å². The van der Waals surface area contributed by atoms with Gasteiger partial charge in [-0.05, 0) is 86.2 Å². The molecule has 0 unspecified atom stereocenters. The van der Waals surface area contributed by atoms with Gasteiger partial charge in [-0.3, -0.25) is 4.79 Å². The van der Waals surface area contributed by atoms with Crippen LogP contribution in [0.5, 0.6) is 5.75 Å². The van der Waals surface area contributed by atoms with E-state index in [-0.39, 0.29) is 43.3 Å². The molecule has 0 aliphatic heterocycles. The van der Waals surface area contributed by atoms with Crippen molar-refractivity contribution in [2.45, 2.75) is 61.4 Å². The summed E-state index contributed by atoms with van der Waals surface area (Å²) < 4.78 is 39.2. The predicted molar refractivity (Wildman–Crippen MR) is 154 cm³/mol. The first-order chi connectivity index (χ1) is 19.6. The van der Waals surface area contributed by atoms with Crippen molar-refractivity contribution in [2.75, 3.05) is 10.6 Å². The first kappa shape index (κ1) is 28.7. The quantitative estimate of drug-likeness (QED) is 0.203. The Hall–Kier alpha value is -3.86. The molecule has 7 nitrogen and oxygen atoms in total. The number of nitrogens with zero attached hydrogens (tertiary/aromatic N) is 3. The number of carbonyl (C=O) groups is 1. The van der Waals surface area contributed by atoms with E-state index in [1.807, 2.05) is 18.2 Å². The minimum Gasteiger partial charge on any atom is -0.508 e. The van der Waals surface area contributed by atoms with Gasteiger partial charge in [-0.15, -0.1) is 0 Å². The van der Waals surface area contributed by atoms with Crippen molar-refractivity contribution in [2.24, 2.45) is 11.8 Å². The van der Waals surface area contributed by atoms with Crippen LogP contribution in [-0.2, 0) is 4.79 Å².